The normalized spacial score (nSPS) is 21.7. The molecule has 1 aliphatic heterocycles. The lowest BCUT2D eigenvalue weighted by Gasteiger charge is -2.38. The van der Waals surface area contributed by atoms with Gasteiger partial charge in [-0.1, -0.05) is 0 Å². The molecule has 1 saturated heterocycles. The number of nitrogens with zero attached hydrogens (tertiary/aromatic N) is 3. The van der Waals surface area contributed by atoms with Gasteiger partial charge < -0.3 is 9.64 Å². The Hall–Kier alpha value is -3.00. The van der Waals surface area contributed by atoms with E-state index in [-0.39, 0.29) is 35.9 Å². The van der Waals surface area contributed by atoms with Gasteiger partial charge in [-0.2, -0.15) is 0 Å². The van der Waals surface area contributed by atoms with Crippen LogP contribution in [0.25, 0.3) is 11.4 Å². The van der Waals surface area contributed by atoms with Crippen LogP contribution in [0, 0.1) is 31.5 Å². The lowest BCUT2D eigenvalue weighted by molar-refractivity contribution is -0.139. The Morgan fingerprint density at radius 3 is 2.12 bits per heavy atom. The summed E-state index contributed by atoms with van der Waals surface area (Å²) in [5, 5.41) is 0. The molecule has 2 aromatic rings. The molecule has 2 heterocycles. The first-order valence-corrected chi connectivity index (χ1v) is 11.7. The number of benzene rings is 1. The van der Waals surface area contributed by atoms with Gasteiger partial charge in [0, 0.05) is 38.6 Å². The molecule has 4 rings (SSSR count). The van der Waals surface area contributed by atoms with Crippen molar-refractivity contribution in [2.75, 3.05) is 26.8 Å². The van der Waals surface area contributed by atoms with Crippen LogP contribution < -0.4 is 0 Å². The van der Waals surface area contributed by atoms with Gasteiger partial charge in [-0.3, -0.25) is 14.4 Å². The molecule has 0 bridgehead atoms. The molecule has 7 nitrogen and oxygen atoms in total. The first-order valence-electron chi connectivity index (χ1n) is 11.7. The third kappa shape index (κ3) is 4.92. The second kappa shape index (κ2) is 10.1. The monoisotopic (exact) mass is 467 g/mol. The van der Waals surface area contributed by atoms with Crippen molar-refractivity contribution in [3.63, 3.8) is 0 Å². The number of ether oxygens (including phenoxy) is 1. The van der Waals surface area contributed by atoms with Gasteiger partial charge in [0.25, 0.3) is 0 Å². The summed E-state index contributed by atoms with van der Waals surface area (Å²) in [6.07, 6.45) is 4.61. The van der Waals surface area contributed by atoms with Crippen LogP contribution in [0.4, 0.5) is 4.39 Å². The fraction of sp³-hybridized carbons (Fsp3) is 0.500. The number of ketones is 2. The molecular formula is C26H30FN3O4. The molecule has 180 valence electrons. The lowest BCUT2D eigenvalue weighted by atomic mass is 9.69. The Morgan fingerprint density at radius 1 is 1.03 bits per heavy atom. The molecule has 0 N–H and O–H groups in total. The number of aromatic nitrogens is 2. The summed E-state index contributed by atoms with van der Waals surface area (Å²) in [5.74, 6) is -0.638. The summed E-state index contributed by atoms with van der Waals surface area (Å²) in [6.45, 7) is 5.13. The predicted octanol–water partition coefficient (Wildman–Crippen LogP) is 3.42. The molecule has 2 fully saturated rings. The maximum atomic E-state index is 13.2. The molecule has 0 atom stereocenters. The van der Waals surface area contributed by atoms with Crippen molar-refractivity contribution in [1.29, 1.82) is 0 Å². The summed E-state index contributed by atoms with van der Waals surface area (Å²) in [6, 6.07) is 3.71. The number of Topliss-reactive ketones (excluding diaryl/α,β-unsaturated/α-hetero) is 2. The highest BCUT2D eigenvalue weighted by Gasteiger charge is 2.41. The van der Waals surface area contributed by atoms with Crippen molar-refractivity contribution < 1.29 is 23.5 Å². The second-order valence-electron chi connectivity index (χ2n) is 9.43. The fourth-order valence-electron chi connectivity index (χ4n) is 5.52. The van der Waals surface area contributed by atoms with Gasteiger partial charge in [0.1, 0.15) is 24.1 Å². The van der Waals surface area contributed by atoms with Crippen LogP contribution in [0.5, 0.6) is 0 Å². The summed E-state index contributed by atoms with van der Waals surface area (Å²) < 4.78 is 18.1. The highest BCUT2D eigenvalue weighted by Crippen LogP contribution is 2.40. The van der Waals surface area contributed by atoms with Gasteiger partial charge in [-0.05, 0) is 67.3 Å². The van der Waals surface area contributed by atoms with Gasteiger partial charge in [0.2, 0.25) is 5.91 Å². The number of carbonyl (C=O) groups excluding carboxylic acids is 3. The van der Waals surface area contributed by atoms with E-state index in [1.165, 1.54) is 7.11 Å². The second-order valence-corrected chi connectivity index (χ2v) is 9.43. The topological polar surface area (TPSA) is 89.5 Å². The van der Waals surface area contributed by atoms with Gasteiger partial charge in [-0.15, -0.1) is 0 Å². The molecule has 0 unspecified atom stereocenters. The zero-order valence-electron chi connectivity index (χ0n) is 19.8. The molecule has 8 heteroatoms. The minimum absolute atomic E-state index is 0.0164. The number of amides is 1. The van der Waals surface area contributed by atoms with E-state index < -0.39 is 11.7 Å². The van der Waals surface area contributed by atoms with E-state index in [0.717, 1.165) is 47.5 Å². The van der Waals surface area contributed by atoms with Gasteiger partial charge in [0.05, 0.1) is 12.4 Å². The minimum atomic E-state index is -0.747. The van der Waals surface area contributed by atoms with Crippen LogP contribution in [-0.2, 0) is 19.1 Å². The Morgan fingerprint density at radius 2 is 1.59 bits per heavy atom. The maximum Gasteiger partial charge on any atom is 0.248 e. The largest absolute Gasteiger partial charge is 0.375 e. The van der Waals surface area contributed by atoms with Crippen molar-refractivity contribution in [2.45, 2.75) is 45.4 Å². The van der Waals surface area contributed by atoms with E-state index in [2.05, 4.69) is 9.97 Å². The summed E-state index contributed by atoms with van der Waals surface area (Å²) in [4.78, 5) is 48.4. The smallest absolute Gasteiger partial charge is 0.248 e. The first-order chi connectivity index (χ1) is 16.3. The van der Waals surface area contributed by atoms with Crippen LogP contribution in [0.1, 0.15) is 48.3 Å². The molecule has 1 saturated carbocycles. The van der Waals surface area contributed by atoms with Crippen molar-refractivity contribution >= 4 is 17.5 Å². The average molecular weight is 468 g/mol. The van der Waals surface area contributed by atoms with Gasteiger partial charge in [-0.25, -0.2) is 14.4 Å². The number of piperidine rings is 1. The van der Waals surface area contributed by atoms with E-state index in [0.29, 0.717) is 31.8 Å². The average Bonchev–Trinajstić information content (AvgIpc) is 2.81. The maximum absolute atomic E-state index is 13.2. The number of hydrogen-bond donors (Lipinski definition) is 0. The van der Waals surface area contributed by atoms with E-state index in [4.69, 9.17) is 4.74 Å². The SMILES string of the molecule is COCC(=O)N1CCC(C2CC(=O)C(c3c(C)cc(-c4ncc(F)cn4)cc3C)C(=O)C2)CC1. The standard InChI is InChI=1S/C26H30FN3O4/c1-15-8-19(26-28-12-20(27)13-29-26)9-16(2)24(15)25-21(31)10-18(11-22(25)32)17-4-6-30(7-5-17)23(33)14-34-3/h8-9,12-13,17-18,25H,4-7,10-11,14H2,1-3H3. The molecule has 34 heavy (non-hydrogen) atoms. The number of likely N-dealkylation sites (tertiary alicyclic amines) is 1. The molecule has 1 aromatic heterocycles. The van der Waals surface area contributed by atoms with Crippen molar-refractivity contribution in [1.82, 2.24) is 14.9 Å². The third-order valence-electron chi connectivity index (χ3n) is 7.16. The predicted molar refractivity (Wildman–Crippen MR) is 124 cm³/mol. The fourth-order valence-corrected chi connectivity index (χ4v) is 5.52. The number of carbonyl (C=O) groups is 3. The third-order valence-corrected chi connectivity index (χ3v) is 7.16. The molecule has 0 radical (unpaired) electrons. The molecule has 1 amide bonds. The van der Waals surface area contributed by atoms with E-state index in [9.17, 15) is 18.8 Å². The number of methoxy groups -OCH3 is 1. The van der Waals surface area contributed by atoms with Crippen molar-refractivity contribution in [3.05, 3.63) is 47.0 Å². The lowest BCUT2D eigenvalue weighted by Crippen LogP contribution is -2.43. The Balaban J connectivity index is 1.47. The Kier molecular flexibility index (Phi) is 7.16. The van der Waals surface area contributed by atoms with Crippen LogP contribution in [0.15, 0.2) is 24.5 Å². The molecule has 0 spiro atoms. The van der Waals surface area contributed by atoms with E-state index in [1.54, 1.807) is 4.90 Å². The Labute approximate surface area is 198 Å². The van der Waals surface area contributed by atoms with Crippen LogP contribution in [-0.4, -0.2) is 59.1 Å². The van der Waals surface area contributed by atoms with Crippen LogP contribution in [0.2, 0.25) is 0 Å². The highest BCUT2D eigenvalue weighted by molar-refractivity contribution is 6.10. The zero-order valence-corrected chi connectivity index (χ0v) is 19.8. The summed E-state index contributed by atoms with van der Waals surface area (Å²) in [5.41, 5.74) is 3.15. The molecular weight excluding hydrogens is 437 g/mol. The first kappa shape index (κ1) is 24.1. The number of halogens is 1. The zero-order chi connectivity index (χ0) is 24.4. The number of hydrogen-bond acceptors (Lipinski definition) is 6. The summed E-state index contributed by atoms with van der Waals surface area (Å²) >= 11 is 0. The summed E-state index contributed by atoms with van der Waals surface area (Å²) in [7, 11) is 1.51. The molecule has 2 aliphatic rings. The number of aryl methyl sites for hydroxylation is 2. The molecule has 1 aromatic carbocycles. The van der Waals surface area contributed by atoms with Gasteiger partial charge in [0.15, 0.2) is 11.6 Å². The number of rotatable bonds is 5. The molecule has 1 aliphatic carbocycles. The Bertz CT molecular complexity index is 1050. The quantitative estimate of drug-likeness (QED) is 0.626. The minimum Gasteiger partial charge on any atom is -0.375 e. The van der Waals surface area contributed by atoms with E-state index in [1.807, 2.05) is 26.0 Å². The van der Waals surface area contributed by atoms with Crippen molar-refractivity contribution in [3.8, 4) is 11.4 Å². The highest BCUT2D eigenvalue weighted by atomic mass is 19.1. The van der Waals surface area contributed by atoms with Crippen molar-refractivity contribution in [2.24, 2.45) is 11.8 Å². The van der Waals surface area contributed by atoms with Crippen LogP contribution >= 0.6 is 0 Å². The van der Waals surface area contributed by atoms with Gasteiger partial charge >= 0.3 is 0 Å². The van der Waals surface area contributed by atoms with E-state index >= 15 is 0 Å². The van der Waals surface area contributed by atoms with Crippen LogP contribution in [0.3, 0.4) is 0 Å².